The van der Waals surface area contributed by atoms with Crippen molar-refractivity contribution in [1.29, 1.82) is 0 Å². The van der Waals surface area contributed by atoms with Crippen LogP contribution in [0.5, 0.6) is 0 Å². The Hall–Kier alpha value is -1.88. The van der Waals surface area contributed by atoms with Crippen molar-refractivity contribution < 1.29 is 9.59 Å². The van der Waals surface area contributed by atoms with Gasteiger partial charge in [-0.2, -0.15) is 0 Å². The molecule has 5 nitrogen and oxygen atoms in total. The molecule has 1 aliphatic rings. The number of carbonyl (C=O) groups is 2. The van der Waals surface area contributed by atoms with Gasteiger partial charge in [0.25, 0.3) is 5.91 Å². The van der Waals surface area contributed by atoms with E-state index in [4.69, 9.17) is 5.73 Å². The van der Waals surface area contributed by atoms with E-state index < -0.39 is 6.03 Å². The number of carbonyl (C=O) groups excluding carboxylic acids is 2. The van der Waals surface area contributed by atoms with Gasteiger partial charge in [-0.25, -0.2) is 4.79 Å². The summed E-state index contributed by atoms with van der Waals surface area (Å²) < 4.78 is 0. The monoisotopic (exact) mass is 247 g/mol. The lowest BCUT2D eigenvalue weighted by molar-refractivity contribution is 0.0725. The zero-order valence-corrected chi connectivity index (χ0v) is 10.1. The normalized spacial score (nSPS) is 16.2. The second kappa shape index (κ2) is 5.64. The minimum absolute atomic E-state index is 0.101. The molecule has 0 unspecified atom stereocenters. The highest BCUT2D eigenvalue weighted by Gasteiger charge is 2.29. The number of hydrogen-bond acceptors (Lipinski definition) is 3. The van der Waals surface area contributed by atoms with Crippen molar-refractivity contribution >= 4 is 11.9 Å². The lowest BCUT2D eigenvalue weighted by Gasteiger charge is -2.31. The second-order valence-corrected chi connectivity index (χ2v) is 4.36. The molecule has 0 saturated carbocycles. The van der Waals surface area contributed by atoms with Crippen molar-refractivity contribution in [1.82, 2.24) is 10.2 Å². The van der Waals surface area contributed by atoms with E-state index in [1.54, 1.807) is 24.3 Å². The van der Waals surface area contributed by atoms with Crippen LogP contribution in [0.1, 0.15) is 23.2 Å². The van der Waals surface area contributed by atoms with Gasteiger partial charge in [0.15, 0.2) is 0 Å². The Morgan fingerprint density at radius 2 is 1.78 bits per heavy atom. The quantitative estimate of drug-likeness (QED) is 0.817. The summed E-state index contributed by atoms with van der Waals surface area (Å²) in [5.41, 5.74) is 5.85. The maximum absolute atomic E-state index is 12.3. The van der Waals surface area contributed by atoms with Gasteiger partial charge >= 0.3 is 6.03 Å². The highest BCUT2D eigenvalue weighted by Crippen LogP contribution is 2.15. The third-order valence-electron chi connectivity index (χ3n) is 3.15. The Morgan fingerprint density at radius 1 is 1.17 bits per heavy atom. The van der Waals surface area contributed by atoms with Crippen LogP contribution in [0.2, 0.25) is 0 Å². The summed E-state index contributed by atoms with van der Waals surface area (Å²) in [4.78, 5) is 25.0. The molecule has 1 aliphatic heterocycles. The summed E-state index contributed by atoms with van der Waals surface area (Å²) >= 11 is 0. The first-order valence-electron chi connectivity index (χ1n) is 6.09. The van der Waals surface area contributed by atoms with E-state index in [0.717, 1.165) is 25.9 Å². The van der Waals surface area contributed by atoms with Crippen molar-refractivity contribution in [2.45, 2.75) is 18.9 Å². The van der Waals surface area contributed by atoms with Crippen LogP contribution in [0, 0.1) is 0 Å². The van der Waals surface area contributed by atoms with Gasteiger partial charge in [-0.05, 0) is 38.1 Å². The fourth-order valence-electron chi connectivity index (χ4n) is 2.23. The number of urea groups is 1. The van der Waals surface area contributed by atoms with Gasteiger partial charge in [-0.15, -0.1) is 0 Å². The number of nitrogens with two attached hydrogens (primary N) is 1. The number of piperidine rings is 1. The summed E-state index contributed by atoms with van der Waals surface area (Å²) in [6, 6.07) is 7.99. The van der Waals surface area contributed by atoms with Crippen LogP contribution in [-0.4, -0.2) is 36.0 Å². The molecule has 5 heteroatoms. The lowest BCUT2D eigenvalue weighted by atomic mass is 10.0. The molecule has 0 radical (unpaired) electrons. The number of hydrogen-bond donors (Lipinski definition) is 2. The Labute approximate surface area is 106 Å². The maximum Gasteiger partial charge on any atom is 0.322 e. The topological polar surface area (TPSA) is 75.4 Å². The molecule has 18 heavy (non-hydrogen) atoms. The van der Waals surface area contributed by atoms with E-state index >= 15 is 0 Å². The van der Waals surface area contributed by atoms with Crippen LogP contribution in [-0.2, 0) is 0 Å². The van der Waals surface area contributed by atoms with Crippen LogP contribution in [0.25, 0.3) is 0 Å². The van der Waals surface area contributed by atoms with Crippen molar-refractivity contribution in [2.75, 3.05) is 13.1 Å². The molecule has 0 atom stereocenters. The largest absolute Gasteiger partial charge is 0.351 e. The third-order valence-corrected chi connectivity index (χ3v) is 3.15. The zero-order valence-electron chi connectivity index (χ0n) is 10.1. The molecule has 1 aromatic carbocycles. The molecule has 1 fully saturated rings. The fourth-order valence-corrected chi connectivity index (χ4v) is 2.23. The summed E-state index contributed by atoms with van der Waals surface area (Å²) in [6.07, 6.45) is 1.50. The second-order valence-electron chi connectivity index (χ2n) is 4.36. The van der Waals surface area contributed by atoms with Gasteiger partial charge in [-0.1, -0.05) is 18.2 Å². The Morgan fingerprint density at radius 3 is 2.33 bits per heavy atom. The Balaban J connectivity index is 2.19. The number of imide groups is 1. The number of primary amides is 1. The van der Waals surface area contributed by atoms with Crippen LogP contribution in [0.15, 0.2) is 30.3 Å². The molecule has 1 saturated heterocycles. The van der Waals surface area contributed by atoms with Gasteiger partial charge in [0.05, 0.1) is 0 Å². The van der Waals surface area contributed by atoms with Crippen molar-refractivity contribution in [3.05, 3.63) is 35.9 Å². The van der Waals surface area contributed by atoms with Crippen molar-refractivity contribution in [2.24, 2.45) is 5.73 Å². The molecule has 1 heterocycles. The average Bonchev–Trinajstić information content (AvgIpc) is 2.40. The fraction of sp³-hybridized carbons (Fsp3) is 0.385. The van der Waals surface area contributed by atoms with Gasteiger partial charge < -0.3 is 11.1 Å². The number of amides is 3. The van der Waals surface area contributed by atoms with Crippen molar-refractivity contribution in [3.63, 3.8) is 0 Å². The first kappa shape index (κ1) is 12.6. The van der Waals surface area contributed by atoms with Crippen LogP contribution >= 0.6 is 0 Å². The summed E-state index contributed by atoms with van der Waals surface area (Å²) in [6.45, 7) is 1.60. The van der Waals surface area contributed by atoms with E-state index in [0.29, 0.717) is 5.56 Å². The number of benzene rings is 1. The molecule has 0 aromatic heterocycles. The molecule has 0 aliphatic carbocycles. The molecular formula is C13H17N3O2. The molecular weight excluding hydrogens is 230 g/mol. The number of nitrogens with one attached hydrogen (secondary N) is 1. The highest BCUT2D eigenvalue weighted by atomic mass is 16.2. The predicted molar refractivity (Wildman–Crippen MR) is 68.1 cm³/mol. The predicted octanol–water partition coefficient (Wildman–Crippen LogP) is 0.959. The van der Waals surface area contributed by atoms with Gasteiger partial charge in [-0.3, -0.25) is 9.69 Å². The zero-order chi connectivity index (χ0) is 13.0. The smallest absolute Gasteiger partial charge is 0.322 e. The van der Waals surface area contributed by atoms with Gasteiger partial charge in [0.2, 0.25) is 0 Å². The first-order valence-corrected chi connectivity index (χ1v) is 6.09. The maximum atomic E-state index is 12.3. The molecule has 96 valence electrons. The number of rotatable bonds is 2. The summed E-state index contributed by atoms with van der Waals surface area (Å²) in [5, 5.41) is 3.20. The van der Waals surface area contributed by atoms with E-state index in [1.165, 1.54) is 4.90 Å². The van der Waals surface area contributed by atoms with Gasteiger partial charge in [0.1, 0.15) is 0 Å². The van der Waals surface area contributed by atoms with Crippen molar-refractivity contribution in [3.8, 4) is 0 Å². The summed E-state index contributed by atoms with van der Waals surface area (Å²) in [5.74, 6) is -0.310. The molecule has 0 bridgehead atoms. The highest BCUT2D eigenvalue weighted by molar-refractivity contribution is 6.04. The van der Waals surface area contributed by atoms with Crippen LogP contribution in [0.4, 0.5) is 4.79 Å². The molecule has 3 N–H and O–H groups in total. The van der Waals surface area contributed by atoms with E-state index in [1.807, 2.05) is 6.07 Å². The summed E-state index contributed by atoms with van der Waals surface area (Å²) in [7, 11) is 0. The molecule has 1 aromatic rings. The molecule has 2 rings (SSSR count). The Bertz CT molecular complexity index is 427. The van der Waals surface area contributed by atoms with Crippen LogP contribution in [0.3, 0.4) is 0 Å². The standard InChI is InChI=1S/C13H17N3O2/c14-13(18)16(11-6-8-15-9-7-11)12(17)10-4-2-1-3-5-10/h1-5,11,15H,6-9H2,(H2,14,18). The Kier molecular flexibility index (Phi) is 3.94. The van der Waals surface area contributed by atoms with Gasteiger partial charge in [0, 0.05) is 11.6 Å². The van der Waals surface area contributed by atoms with E-state index in [2.05, 4.69) is 5.32 Å². The lowest BCUT2D eigenvalue weighted by Crippen LogP contribution is -2.51. The molecule has 3 amide bonds. The van der Waals surface area contributed by atoms with Crippen LogP contribution < -0.4 is 11.1 Å². The number of nitrogens with zero attached hydrogens (tertiary/aromatic N) is 1. The van der Waals surface area contributed by atoms with E-state index in [9.17, 15) is 9.59 Å². The minimum Gasteiger partial charge on any atom is -0.351 e. The first-order chi connectivity index (χ1) is 8.70. The van der Waals surface area contributed by atoms with E-state index in [-0.39, 0.29) is 11.9 Å². The molecule has 0 spiro atoms. The SMILES string of the molecule is NC(=O)N(C(=O)c1ccccc1)C1CCNCC1. The minimum atomic E-state index is -0.671. The average molecular weight is 247 g/mol. The third kappa shape index (κ3) is 2.68.